The SMILES string of the molecule is Cc1ccc2nc(Cl)c3cc(C(=O)Nc4cc(C)on4)sc3c2c1. The van der Waals surface area contributed by atoms with E-state index in [4.69, 9.17) is 16.1 Å². The fourth-order valence-corrected chi connectivity index (χ4v) is 3.93. The van der Waals surface area contributed by atoms with Crippen LogP contribution in [0.2, 0.25) is 5.15 Å². The molecule has 0 fully saturated rings. The Morgan fingerprint density at radius 1 is 1.21 bits per heavy atom. The zero-order valence-electron chi connectivity index (χ0n) is 12.9. The number of nitrogens with one attached hydrogen (secondary N) is 1. The molecular formula is C17H12ClN3O2S. The van der Waals surface area contributed by atoms with E-state index in [0.717, 1.165) is 26.6 Å². The van der Waals surface area contributed by atoms with Crippen molar-refractivity contribution < 1.29 is 9.32 Å². The number of fused-ring (bicyclic) bond motifs is 3. The maximum Gasteiger partial charge on any atom is 0.267 e. The lowest BCUT2D eigenvalue weighted by atomic mass is 10.1. The highest BCUT2D eigenvalue weighted by molar-refractivity contribution is 7.22. The summed E-state index contributed by atoms with van der Waals surface area (Å²) in [5.41, 5.74) is 1.95. The molecule has 1 aromatic carbocycles. The summed E-state index contributed by atoms with van der Waals surface area (Å²) >= 11 is 7.68. The van der Waals surface area contributed by atoms with Gasteiger partial charge in [0.15, 0.2) is 5.82 Å². The monoisotopic (exact) mass is 357 g/mol. The Morgan fingerprint density at radius 2 is 2.04 bits per heavy atom. The molecule has 0 atom stereocenters. The normalized spacial score (nSPS) is 11.3. The van der Waals surface area contributed by atoms with E-state index < -0.39 is 0 Å². The molecule has 0 bridgehead atoms. The van der Waals surface area contributed by atoms with E-state index >= 15 is 0 Å². The molecule has 4 aromatic rings. The minimum atomic E-state index is -0.249. The van der Waals surface area contributed by atoms with Gasteiger partial charge in [0.05, 0.1) is 10.4 Å². The number of pyridine rings is 1. The van der Waals surface area contributed by atoms with Gasteiger partial charge >= 0.3 is 0 Å². The van der Waals surface area contributed by atoms with Crippen LogP contribution in [0, 0.1) is 13.8 Å². The first kappa shape index (κ1) is 15.1. The van der Waals surface area contributed by atoms with E-state index in [1.807, 2.05) is 19.1 Å². The molecule has 24 heavy (non-hydrogen) atoms. The van der Waals surface area contributed by atoms with Gasteiger partial charge in [-0.1, -0.05) is 28.4 Å². The highest BCUT2D eigenvalue weighted by atomic mass is 35.5. The molecule has 0 radical (unpaired) electrons. The van der Waals surface area contributed by atoms with Crippen molar-refractivity contribution in [2.24, 2.45) is 0 Å². The maximum absolute atomic E-state index is 12.5. The number of aryl methyl sites for hydroxylation is 2. The molecule has 5 nitrogen and oxygen atoms in total. The van der Waals surface area contributed by atoms with Crippen LogP contribution in [-0.4, -0.2) is 16.0 Å². The van der Waals surface area contributed by atoms with Crippen LogP contribution in [0.1, 0.15) is 21.0 Å². The predicted molar refractivity (Wildman–Crippen MR) is 96.1 cm³/mol. The predicted octanol–water partition coefficient (Wildman–Crippen LogP) is 4.96. The summed E-state index contributed by atoms with van der Waals surface area (Å²) in [7, 11) is 0. The number of rotatable bonds is 2. The molecule has 0 aliphatic carbocycles. The molecule has 0 aliphatic rings. The van der Waals surface area contributed by atoms with Crippen LogP contribution in [0.5, 0.6) is 0 Å². The van der Waals surface area contributed by atoms with Gasteiger partial charge in [0, 0.05) is 21.5 Å². The Morgan fingerprint density at radius 3 is 2.79 bits per heavy atom. The van der Waals surface area contributed by atoms with Crippen molar-refractivity contribution in [3.05, 3.63) is 51.7 Å². The van der Waals surface area contributed by atoms with Crippen molar-refractivity contribution >= 4 is 55.7 Å². The minimum Gasteiger partial charge on any atom is -0.360 e. The van der Waals surface area contributed by atoms with Crippen LogP contribution in [0.15, 0.2) is 34.9 Å². The number of aromatic nitrogens is 2. The summed E-state index contributed by atoms with van der Waals surface area (Å²) in [5, 5.41) is 8.67. The van der Waals surface area contributed by atoms with Crippen LogP contribution in [0.25, 0.3) is 21.0 Å². The first-order valence-corrected chi connectivity index (χ1v) is 8.45. The van der Waals surface area contributed by atoms with Crippen LogP contribution in [0.4, 0.5) is 5.82 Å². The number of hydrogen-bond acceptors (Lipinski definition) is 5. The molecule has 0 aliphatic heterocycles. The molecule has 1 N–H and O–H groups in total. The van der Waals surface area contributed by atoms with Crippen molar-refractivity contribution in [3.8, 4) is 0 Å². The zero-order chi connectivity index (χ0) is 16.8. The van der Waals surface area contributed by atoms with Gasteiger partial charge in [-0.2, -0.15) is 0 Å². The van der Waals surface area contributed by atoms with Crippen LogP contribution < -0.4 is 5.32 Å². The van der Waals surface area contributed by atoms with E-state index in [1.165, 1.54) is 11.3 Å². The number of thiophene rings is 1. The number of anilines is 1. The van der Waals surface area contributed by atoms with Gasteiger partial charge in [0.1, 0.15) is 10.9 Å². The summed E-state index contributed by atoms with van der Waals surface area (Å²) in [5.74, 6) is 0.775. The highest BCUT2D eigenvalue weighted by Crippen LogP contribution is 2.36. The molecule has 4 rings (SSSR count). The number of amides is 1. The van der Waals surface area contributed by atoms with Gasteiger partial charge in [-0.25, -0.2) is 4.98 Å². The topological polar surface area (TPSA) is 68.0 Å². The average Bonchev–Trinajstić information content (AvgIpc) is 3.15. The van der Waals surface area contributed by atoms with Gasteiger partial charge in [-0.05, 0) is 32.0 Å². The summed E-state index contributed by atoms with van der Waals surface area (Å²) in [6.45, 7) is 3.79. The number of hydrogen-bond donors (Lipinski definition) is 1. The number of carbonyl (C=O) groups excluding carboxylic acids is 1. The lowest BCUT2D eigenvalue weighted by molar-refractivity contribution is 0.102. The minimum absolute atomic E-state index is 0.249. The van der Waals surface area contributed by atoms with Crippen molar-refractivity contribution in [3.63, 3.8) is 0 Å². The Hall–Kier alpha value is -2.44. The summed E-state index contributed by atoms with van der Waals surface area (Å²) in [6.07, 6.45) is 0. The number of nitrogens with zero attached hydrogens (tertiary/aromatic N) is 2. The van der Waals surface area contributed by atoms with Crippen molar-refractivity contribution in [1.82, 2.24) is 10.1 Å². The quantitative estimate of drug-likeness (QED) is 0.515. The summed E-state index contributed by atoms with van der Waals surface area (Å²) < 4.78 is 5.91. The third-order valence-corrected chi connectivity index (χ3v) is 5.12. The van der Waals surface area contributed by atoms with Crippen LogP contribution in [0.3, 0.4) is 0 Å². The Balaban J connectivity index is 1.82. The second-order valence-electron chi connectivity index (χ2n) is 5.55. The molecule has 3 aromatic heterocycles. The van der Waals surface area contributed by atoms with Crippen LogP contribution >= 0.6 is 22.9 Å². The third-order valence-electron chi connectivity index (χ3n) is 3.66. The number of benzene rings is 1. The van der Waals surface area contributed by atoms with Gasteiger partial charge in [0.2, 0.25) is 0 Å². The average molecular weight is 358 g/mol. The van der Waals surface area contributed by atoms with Gasteiger partial charge in [-0.3, -0.25) is 4.79 Å². The Bertz CT molecular complexity index is 1100. The van der Waals surface area contributed by atoms with Crippen LogP contribution in [-0.2, 0) is 0 Å². The van der Waals surface area contributed by atoms with E-state index in [9.17, 15) is 4.79 Å². The molecule has 7 heteroatoms. The second-order valence-corrected chi connectivity index (χ2v) is 6.96. The molecule has 0 saturated heterocycles. The van der Waals surface area contributed by atoms with Crippen molar-refractivity contribution in [1.29, 1.82) is 0 Å². The largest absolute Gasteiger partial charge is 0.360 e. The fourth-order valence-electron chi connectivity index (χ4n) is 2.55. The lowest BCUT2D eigenvalue weighted by Crippen LogP contribution is -2.10. The van der Waals surface area contributed by atoms with Gasteiger partial charge < -0.3 is 9.84 Å². The summed E-state index contributed by atoms with van der Waals surface area (Å²) in [6, 6.07) is 9.41. The Kier molecular flexibility index (Phi) is 3.51. The highest BCUT2D eigenvalue weighted by Gasteiger charge is 2.16. The molecule has 120 valence electrons. The molecule has 0 spiro atoms. The van der Waals surface area contributed by atoms with E-state index in [0.29, 0.717) is 21.6 Å². The maximum atomic E-state index is 12.5. The smallest absolute Gasteiger partial charge is 0.267 e. The molecule has 0 saturated carbocycles. The molecular weight excluding hydrogens is 346 g/mol. The van der Waals surface area contributed by atoms with E-state index in [-0.39, 0.29) is 5.91 Å². The van der Waals surface area contributed by atoms with E-state index in [1.54, 1.807) is 19.1 Å². The van der Waals surface area contributed by atoms with Gasteiger partial charge in [-0.15, -0.1) is 11.3 Å². The Labute approximate surface area is 146 Å². The zero-order valence-corrected chi connectivity index (χ0v) is 14.5. The van der Waals surface area contributed by atoms with E-state index in [2.05, 4.69) is 21.5 Å². The standard InChI is InChI=1S/C17H12ClN3O2S/c1-8-3-4-12-10(5-8)15-11(16(18)19-12)7-13(24-15)17(22)20-14-6-9(2)23-21-14/h3-7H,1-2H3,(H,20,21,22). The first-order chi connectivity index (χ1) is 11.5. The van der Waals surface area contributed by atoms with Crippen molar-refractivity contribution in [2.75, 3.05) is 5.32 Å². The first-order valence-electron chi connectivity index (χ1n) is 7.25. The molecule has 1 amide bonds. The summed E-state index contributed by atoms with van der Waals surface area (Å²) in [4.78, 5) is 17.4. The number of halogens is 1. The fraction of sp³-hybridized carbons (Fsp3) is 0.118. The van der Waals surface area contributed by atoms with Gasteiger partial charge in [0.25, 0.3) is 5.91 Å². The second kappa shape index (κ2) is 5.58. The third kappa shape index (κ3) is 2.53. The van der Waals surface area contributed by atoms with Crippen molar-refractivity contribution in [2.45, 2.75) is 13.8 Å². The molecule has 3 heterocycles. The molecule has 0 unspecified atom stereocenters. The number of carbonyl (C=O) groups is 1. The lowest BCUT2D eigenvalue weighted by Gasteiger charge is -2.01.